The first kappa shape index (κ1) is 36.1. The number of hydrogen-bond acceptors (Lipinski definition) is 2. The van der Waals surface area contributed by atoms with Crippen LogP contribution >= 0.6 is 0 Å². The molecule has 0 unspecified atom stereocenters. The molecule has 69 heavy (non-hydrogen) atoms. The van der Waals surface area contributed by atoms with Crippen LogP contribution in [0.15, 0.2) is 213 Å². The monoisotopic (exact) mass is 870 g/mol. The molecule has 0 bridgehead atoms. The number of nitrogens with zero attached hydrogens (tertiary/aromatic N) is 4. The third kappa shape index (κ3) is 4.46. The molecule has 0 amide bonds. The summed E-state index contributed by atoms with van der Waals surface area (Å²) in [5.74, 6) is 0. The van der Waals surface area contributed by atoms with Crippen LogP contribution in [0.3, 0.4) is 0 Å². The van der Waals surface area contributed by atoms with Crippen molar-refractivity contribution in [2.75, 3.05) is 0 Å². The van der Waals surface area contributed by atoms with Gasteiger partial charge in [0.05, 0.1) is 22.4 Å². The molecule has 314 valence electrons. The molecule has 2 aliphatic rings. The molecule has 0 saturated heterocycles. The van der Waals surface area contributed by atoms with Gasteiger partial charge in [0, 0.05) is 78.2 Å². The van der Waals surface area contributed by atoms with E-state index in [1.807, 2.05) is 24.5 Å². The summed E-state index contributed by atoms with van der Waals surface area (Å²) in [5, 5.41) is 20.3. The Bertz CT molecular complexity index is 4750. The van der Waals surface area contributed by atoms with Gasteiger partial charge in [0.15, 0.2) is 0 Å². The third-order valence-electron chi connectivity index (χ3n) is 15.9. The van der Waals surface area contributed by atoms with Crippen LogP contribution in [0.4, 0.5) is 0 Å². The maximum Gasteiger partial charge on any atom is 0.252 e. The van der Waals surface area contributed by atoms with Crippen molar-refractivity contribution in [1.29, 1.82) is 0 Å². The third-order valence-corrected chi connectivity index (χ3v) is 15.9. The van der Waals surface area contributed by atoms with E-state index in [0.717, 1.165) is 22.5 Å². The van der Waals surface area contributed by atoms with Gasteiger partial charge in [-0.2, -0.15) is 0 Å². The molecule has 11 aromatic carbocycles. The van der Waals surface area contributed by atoms with Crippen molar-refractivity contribution >= 4 is 131 Å². The average molecular weight is 871 g/mol. The fourth-order valence-electron chi connectivity index (χ4n) is 13.3. The van der Waals surface area contributed by atoms with Gasteiger partial charge in [0.1, 0.15) is 0 Å². The topological polar surface area (TPSA) is 35.6 Å². The largest absolute Gasteiger partial charge is 0.310 e. The van der Waals surface area contributed by atoms with Crippen molar-refractivity contribution in [3.63, 3.8) is 0 Å². The Labute approximate surface area is 395 Å². The van der Waals surface area contributed by atoms with Crippen LogP contribution < -0.4 is 16.4 Å². The summed E-state index contributed by atoms with van der Waals surface area (Å²) in [6.45, 7) is -0.0881. The van der Waals surface area contributed by atoms with Gasteiger partial charge < -0.3 is 9.13 Å². The van der Waals surface area contributed by atoms with Crippen LogP contribution in [-0.2, 0) is 0 Å². The minimum atomic E-state index is -0.0881. The van der Waals surface area contributed by atoms with E-state index in [4.69, 9.17) is 9.97 Å². The van der Waals surface area contributed by atoms with Crippen molar-refractivity contribution in [2.45, 2.75) is 0 Å². The summed E-state index contributed by atoms with van der Waals surface area (Å²) in [6.07, 6.45) is 3.84. The Morgan fingerprint density at radius 2 is 0.754 bits per heavy atom. The van der Waals surface area contributed by atoms with E-state index >= 15 is 0 Å². The quantitative estimate of drug-likeness (QED) is 0.128. The van der Waals surface area contributed by atoms with Gasteiger partial charge in [-0.3, -0.25) is 9.97 Å². The molecule has 0 saturated carbocycles. The zero-order valence-electron chi connectivity index (χ0n) is 37.1. The average Bonchev–Trinajstić information content (AvgIpc) is 3.95. The van der Waals surface area contributed by atoms with E-state index in [-0.39, 0.29) is 6.71 Å². The highest BCUT2D eigenvalue weighted by Gasteiger charge is 2.42. The summed E-state index contributed by atoms with van der Waals surface area (Å²) < 4.78 is 5.26. The lowest BCUT2D eigenvalue weighted by atomic mass is 9.34. The van der Waals surface area contributed by atoms with E-state index in [1.165, 1.54) is 136 Å². The van der Waals surface area contributed by atoms with E-state index in [9.17, 15) is 0 Å². The first-order valence-electron chi connectivity index (χ1n) is 23.9. The Balaban J connectivity index is 1.11. The molecule has 0 aliphatic carbocycles. The fourth-order valence-corrected chi connectivity index (χ4v) is 13.3. The zero-order valence-corrected chi connectivity index (χ0v) is 37.1. The van der Waals surface area contributed by atoms with Crippen LogP contribution in [0.25, 0.3) is 142 Å². The molecular formula is C64H35BN4. The van der Waals surface area contributed by atoms with Crippen molar-refractivity contribution in [3.05, 3.63) is 213 Å². The van der Waals surface area contributed by atoms with Crippen molar-refractivity contribution < 1.29 is 0 Å². The summed E-state index contributed by atoms with van der Waals surface area (Å²) in [6, 6.07) is 74.8. The lowest BCUT2D eigenvalue weighted by Crippen LogP contribution is -2.59. The molecule has 15 aromatic rings. The van der Waals surface area contributed by atoms with Gasteiger partial charge in [0.25, 0.3) is 6.71 Å². The van der Waals surface area contributed by atoms with E-state index in [2.05, 4.69) is 197 Å². The van der Waals surface area contributed by atoms with Crippen molar-refractivity contribution in [1.82, 2.24) is 19.1 Å². The van der Waals surface area contributed by atoms with Gasteiger partial charge in [-0.1, -0.05) is 146 Å². The van der Waals surface area contributed by atoms with E-state index in [1.54, 1.807) is 0 Å². The van der Waals surface area contributed by atoms with Crippen LogP contribution in [0.1, 0.15) is 0 Å². The maximum absolute atomic E-state index is 5.03. The SMILES string of the molecule is c1ccc(-c2cc3c4c(c2)c2c5c6ccccc6c6ccccc6c5ccc2n4-c2cccc4c2B3c2cc(-c3ccccn3)cc3c5ccc6c7ccccc7c7ccccc7c6c5n-4c23)nc1. The molecule has 17 rings (SSSR count). The van der Waals surface area contributed by atoms with E-state index < -0.39 is 0 Å². The first-order chi connectivity index (χ1) is 34.3. The van der Waals surface area contributed by atoms with Gasteiger partial charge in [-0.25, -0.2) is 0 Å². The highest BCUT2D eigenvalue weighted by atomic mass is 15.0. The maximum atomic E-state index is 5.03. The second-order valence-electron chi connectivity index (χ2n) is 19.1. The molecule has 4 aromatic heterocycles. The van der Waals surface area contributed by atoms with Crippen LogP contribution in [0.5, 0.6) is 0 Å². The molecule has 0 spiro atoms. The molecule has 0 fully saturated rings. The van der Waals surface area contributed by atoms with Crippen LogP contribution in [0.2, 0.25) is 0 Å². The van der Waals surface area contributed by atoms with Gasteiger partial charge in [0.2, 0.25) is 0 Å². The van der Waals surface area contributed by atoms with Gasteiger partial charge >= 0.3 is 0 Å². The smallest absolute Gasteiger partial charge is 0.252 e. The number of pyridine rings is 2. The standard InChI is InChI=1S/C64H35BN4/c1-3-18-42-38(14-1)40-16-5-7-20-44(40)58-46(42)28-29-55-60(58)50-33-37(54-23-10-12-31-67-54)35-52-63(50)68(55)56-24-13-25-57-61(56)65(52)51-34-36(53-22-9-11-30-66-53)32-49-48-27-26-47-43-19-4-2-15-39(43)41-17-6-8-21-45(41)59(47)64(48)69(57)62(49)51/h1-35H. The Morgan fingerprint density at radius 1 is 0.304 bits per heavy atom. The summed E-state index contributed by atoms with van der Waals surface area (Å²) in [7, 11) is 0. The number of hydrogen-bond donors (Lipinski definition) is 0. The Kier molecular flexibility index (Phi) is 6.74. The molecule has 5 heteroatoms. The lowest BCUT2D eigenvalue weighted by molar-refractivity contribution is 1.15. The summed E-state index contributed by atoms with van der Waals surface area (Å²) in [4.78, 5) is 10.0. The molecule has 0 atom stereocenters. The molecule has 6 heterocycles. The number of rotatable bonds is 2. The molecule has 0 radical (unpaired) electrons. The second kappa shape index (κ2) is 12.9. The Morgan fingerprint density at radius 3 is 1.33 bits per heavy atom. The molecule has 2 aliphatic heterocycles. The highest BCUT2D eigenvalue weighted by Crippen LogP contribution is 2.48. The predicted octanol–water partition coefficient (Wildman–Crippen LogP) is 14.1. The fraction of sp³-hybridized carbons (Fsp3) is 0. The van der Waals surface area contributed by atoms with Crippen molar-refractivity contribution in [2.24, 2.45) is 0 Å². The Hall–Kier alpha value is -9.06. The zero-order chi connectivity index (χ0) is 44.6. The lowest BCUT2D eigenvalue weighted by Gasteiger charge is -2.34. The number of aromatic nitrogens is 4. The van der Waals surface area contributed by atoms with Crippen LogP contribution in [0, 0.1) is 0 Å². The van der Waals surface area contributed by atoms with Crippen LogP contribution in [-0.4, -0.2) is 25.8 Å². The minimum Gasteiger partial charge on any atom is -0.310 e. The first-order valence-corrected chi connectivity index (χ1v) is 23.9. The molecule has 0 N–H and O–H groups in total. The predicted molar refractivity (Wildman–Crippen MR) is 291 cm³/mol. The normalized spacial score (nSPS) is 12.9. The summed E-state index contributed by atoms with van der Waals surface area (Å²) in [5.41, 5.74) is 15.5. The number of benzene rings is 11. The minimum absolute atomic E-state index is 0.0881. The number of fused-ring (bicyclic) bond motifs is 24. The van der Waals surface area contributed by atoms with Gasteiger partial charge in [-0.15, -0.1) is 0 Å². The summed E-state index contributed by atoms with van der Waals surface area (Å²) >= 11 is 0. The second-order valence-corrected chi connectivity index (χ2v) is 19.1. The molecule has 4 nitrogen and oxygen atoms in total. The highest BCUT2D eigenvalue weighted by molar-refractivity contribution is 7.00. The van der Waals surface area contributed by atoms with Gasteiger partial charge in [-0.05, 0) is 125 Å². The van der Waals surface area contributed by atoms with Crippen molar-refractivity contribution in [3.8, 4) is 33.9 Å². The van der Waals surface area contributed by atoms with E-state index in [0.29, 0.717) is 0 Å². The molecular weight excluding hydrogens is 836 g/mol.